The fraction of sp³-hybridized carbons (Fsp3) is 0.333. The van der Waals surface area contributed by atoms with Crippen LogP contribution in [0.25, 0.3) is 11.4 Å². The Morgan fingerprint density at radius 2 is 2.32 bits per heavy atom. The summed E-state index contributed by atoms with van der Waals surface area (Å²) in [5.74, 6) is 0.812. The Labute approximate surface area is 109 Å². The van der Waals surface area contributed by atoms with Crippen molar-refractivity contribution in [3.63, 3.8) is 0 Å². The second-order valence-corrected chi connectivity index (χ2v) is 4.04. The van der Waals surface area contributed by atoms with Crippen LogP contribution in [0.2, 0.25) is 0 Å². The van der Waals surface area contributed by atoms with Gasteiger partial charge in [0.1, 0.15) is 0 Å². The monoisotopic (exact) mass is 262 g/mol. The Morgan fingerprint density at radius 3 is 3.00 bits per heavy atom. The van der Waals surface area contributed by atoms with Gasteiger partial charge in [-0.15, -0.1) is 0 Å². The average molecular weight is 262 g/mol. The largest absolute Gasteiger partial charge is 0.337 e. The molecule has 1 aromatic carbocycles. The molecule has 1 heterocycles. The highest BCUT2D eigenvalue weighted by Crippen LogP contribution is 2.22. The number of rotatable bonds is 5. The minimum absolute atomic E-state index is 0.00332. The van der Waals surface area contributed by atoms with Crippen molar-refractivity contribution in [2.45, 2.75) is 19.9 Å². The molecule has 2 aromatic rings. The van der Waals surface area contributed by atoms with Crippen molar-refractivity contribution < 1.29 is 9.45 Å². The van der Waals surface area contributed by atoms with E-state index in [1.54, 1.807) is 12.1 Å². The molecule has 0 spiro atoms. The number of nitrogens with zero attached hydrogens (tertiary/aromatic N) is 3. The van der Waals surface area contributed by atoms with Crippen molar-refractivity contribution in [1.29, 1.82) is 0 Å². The highest BCUT2D eigenvalue weighted by Gasteiger charge is 2.15. The second kappa shape index (κ2) is 5.57. The summed E-state index contributed by atoms with van der Waals surface area (Å²) in [5, 5.41) is 17.7. The lowest BCUT2D eigenvalue weighted by molar-refractivity contribution is -0.384. The molecule has 7 nitrogen and oxygen atoms in total. The van der Waals surface area contributed by atoms with E-state index in [0.29, 0.717) is 17.3 Å². The number of aromatic nitrogens is 2. The van der Waals surface area contributed by atoms with Crippen LogP contribution in [0.1, 0.15) is 25.8 Å². The molecule has 100 valence electrons. The van der Waals surface area contributed by atoms with Crippen LogP contribution >= 0.6 is 0 Å². The van der Waals surface area contributed by atoms with Gasteiger partial charge in [0.05, 0.1) is 11.0 Å². The molecule has 0 aliphatic rings. The summed E-state index contributed by atoms with van der Waals surface area (Å²) in [7, 11) is 0. The van der Waals surface area contributed by atoms with Crippen LogP contribution in [-0.2, 0) is 0 Å². The van der Waals surface area contributed by atoms with Gasteiger partial charge in [0, 0.05) is 17.7 Å². The summed E-state index contributed by atoms with van der Waals surface area (Å²) in [6, 6.07) is 6.10. The normalized spacial score (nSPS) is 12.3. The molecular formula is C12H14N4O3. The average Bonchev–Trinajstić information content (AvgIpc) is 2.89. The quantitative estimate of drug-likeness (QED) is 0.656. The zero-order valence-electron chi connectivity index (χ0n) is 10.7. The van der Waals surface area contributed by atoms with Crippen molar-refractivity contribution in [2.24, 2.45) is 0 Å². The third-order valence-electron chi connectivity index (χ3n) is 2.64. The number of nitrogens with one attached hydrogen (secondary N) is 1. The highest BCUT2D eigenvalue weighted by molar-refractivity contribution is 5.58. The fourth-order valence-electron chi connectivity index (χ4n) is 1.68. The Kier molecular flexibility index (Phi) is 3.86. The first kappa shape index (κ1) is 13.2. The minimum atomic E-state index is -0.453. The fourth-order valence-corrected chi connectivity index (χ4v) is 1.68. The van der Waals surface area contributed by atoms with E-state index in [0.717, 1.165) is 6.54 Å². The van der Waals surface area contributed by atoms with Gasteiger partial charge in [-0.2, -0.15) is 4.98 Å². The Bertz CT molecular complexity index is 582. The third-order valence-corrected chi connectivity index (χ3v) is 2.64. The molecule has 2 rings (SSSR count). The number of hydrogen-bond donors (Lipinski definition) is 1. The van der Waals surface area contributed by atoms with Gasteiger partial charge in [-0.1, -0.05) is 24.2 Å². The molecule has 7 heteroatoms. The first-order chi connectivity index (χ1) is 9.11. The molecule has 1 unspecified atom stereocenters. The van der Waals surface area contributed by atoms with E-state index in [2.05, 4.69) is 15.5 Å². The molecule has 19 heavy (non-hydrogen) atoms. The van der Waals surface area contributed by atoms with E-state index in [9.17, 15) is 10.1 Å². The number of nitro groups is 1. The van der Waals surface area contributed by atoms with Gasteiger partial charge in [-0.25, -0.2) is 0 Å². The molecule has 1 N–H and O–H groups in total. The lowest BCUT2D eigenvalue weighted by atomic mass is 10.2. The maximum Gasteiger partial charge on any atom is 0.270 e. The standard InChI is InChI=1S/C12H14N4O3/c1-3-13-8(2)12-14-11(15-19-12)9-5-4-6-10(7-9)16(17)18/h4-8,13H,3H2,1-2H3. The van der Waals surface area contributed by atoms with E-state index < -0.39 is 4.92 Å². The number of nitro benzene ring substituents is 1. The van der Waals surface area contributed by atoms with Crippen molar-refractivity contribution in [2.75, 3.05) is 6.54 Å². The van der Waals surface area contributed by atoms with Crippen LogP contribution in [0.4, 0.5) is 5.69 Å². The van der Waals surface area contributed by atoms with Gasteiger partial charge in [0.25, 0.3) is 5.69 Å². The van der Waals surface area contributed by atoms with Crippen LogP contribution in [-0.4, -0.2) is 21.6 Å². The third kappa shape index (κ3) is 2.94. The molecule has 0 aliphatic carbocycles. The molecule has 0 amide bonds. The zero-order chi connectivity index (χ0) is 13.8. The predicted molar refractivity (Wildman–Crippen MR) is 68.5 cm³/mol. The zero-order valence-corrected chi connectivity index (χ0v) is 10.7. The lowest BCUT2D eigenvalue weighted by Gasteiger charge is -2.04. The van der Waals surface area contributed by atoms with E-state index in [1.807, 2.05) is 13.8 Å². The molecule has 0 radical (unpaired) electrons. The smallest absolute Gasteiger partial charge is 0.270 e. The van der Waals surface area contributed by atoms with Crippen LogP contribution in [0.3, 0.4) is 0 Å². The summed E-state index contributed by atoms with van der Waals surface area (Å²) in [4.78, 5) is 14.5. The first-order valence-corrected chi connectivity index (χ1v) is 5.93. The minimum Gasteiger partial charge on any atom is -0.337 e. The van der Waals surface area contributed by atoms with Gasteiger partial charge in [0.15, 0.2) is 0 Å². The van der Waals surface area contributed by atoms with Gasteiger partial charge in [-0.05, 0) is 13.5 Å². The Balaban J connectivity index is 2.27. The molecule has 0 saturated heterocycles. The maximum absolute atomic E-state index is 10.7. The molecule has 0 fully saturated rings. The summed E-state index contributed by atoms with van der Waals surface area (Å²) < 4.78 is 5.14. The second-order valence-electron chi connectivity index (χ2n) is 4.04. The summed E-state index contributed by atoms with van der Waals surface area (Å²) in [6.07, 6.45) is 0. The van der Waals surface area contributed by atoms with E-state index >= 15 is 0 Å². The van der Waals surface area contributed by atoms with Crippen molar-refractivity contribution in [3.05, 3.63) is 40.3 Å². The molecule has 0 saturated carbocycles. The van der Waals surface area contributed by atoms with Crippen LogP contribution in [0.5, 0.6) is 0 Å². The molecule has 1 atom stereocenters. The van der Waals surface area contributed by atoms with E-state index in [4.69, 9.17) is 4.52 Å². The SMILES string of the molecule is CCNC(C)c1nc(-c2cccc([N+](=O)[O-])c2)no1. The van der Waals surface area contributed by atoms with Crippen LogP contribution < -0.4 is 5.32 Å². The maximum atomic E-state index is 10.7. The van der Waals surface area contributed by atoms with Gasteiger partial charge in [0.2, 0.25) is 11.7 Å². The first-order valence-electron chi connectivity index (χ1n) is 5.93. The number of non-ortho nitro benzene ring substituents is 1. The summed E-state index contributed by atoms with van der Waals surface area (Å²) >= 11 is 0. The summed E-state index contributed by atoms with van der Waals surface area (Å²) in [5.41, 5.74) is 0.566. The Hall–Kier alpha value is -2.28. The molecule has 0 aliphatic heterocycles. The molecular weight excluding hydrogens is 248 g/mol. The van der Waals surface area contributed by atoms with E-state index in [-0.39, 0.29) is 11.7 Å². The van der Waals surface area contributed by atoms with Crippen LogP contribution in [0, 0.1) is 10.1 Å². The highest BCUT2D eigenvalue weighted by atomic mass is 16.6. The van der Waals surface area contributed by atoms with Crippen LogP contribution in [0.15, 0.2) is 28.8 Å². The van der Waals surface area contributed by atoms with Crippen molar-refractivity contribution in [1.82, 2.24) is 15.5 Å². The predicted octanol–water partition coefficient (Wildman–Crippen LogP) is 2.32. The molecule has 0 bridgehead atoms. The van der Waals surface area contributed by atoms with Gasteiger partial charge in [-0.3, -0.25) is 10.1 Å². The van der Waals surface area contributed by atoms with E-state index in [1.165, 1.54) is 12.1 Å². The van der Waals surface area contributed by atoms with Gasteiger partial charge < -0.3 is 9.84 Å². The molecule has 1 aromatic heterocycles. The number of hydrogen-bond acceptors (Lipinski definition) is 6. The summed E-state index contributed by atoms with van der Waals surface area (Å²) in [6.45, 7) is 4.68. The van der Waals surface area contributed by atoms with Crippen molar-refractivity contribution >= 4 is 5.69 Å². The Morgan fingerprint density at radius 1 is 1.53 bits per heavy atom. The van der Waals surface area contributed by atoms with Gasteiger partial charge >= 0.3 is 0 Å². The van der Waals surface area contributed by atoms with Crippen molar-refractivity contribution in [3.8, 4) is 11.4 Å². The number of benzene rings is 1. The lowest BCUT2D eigenvalue weighted by Crippen LogP contribution is -2.17. The topological polar surface area (TPSA) is 94.1 Å².